The number of carbonyl (C=O) groups is 1. The molecule has 1 amide bonds. The molecule has 8 heteroatoms. The molecule has 0 spiro atoms. The van der Waals surface area contributed by atoms with E-state index in [1.165, 1.54) is 0 Å². The number of ether oxygens (including phenoxy) is 2. The van der Waals surface area contributed by atoms with Gasteiger partial charge in [-0.15, -0.1) is 0 Å². The molecule has 0 bridgehead atoms. The van der Waals surface area contributed by atoms with Crippen LogP contribution in [0.2, 0.25) is 0 Å². The Bertz CT molecular complexity index is 1050. The van der Waals surface area contributed by atoms with E-state index in [0.717, 1.165) is 29.2 Å². The largest absolute Gasteiger partial charge is 0.491 e. The molecule has 0 fully saturated rings. The van der Waals surface area contributed by atoms with E-state index in [2.05, 4.69) is 10.1 Å². The molecule has 1 aliphatic rings. The summed E-state index contributed by atoms with van der Waals surface area (Å²) in [5, 5.41) is 4.28. The van der Waals surface area contributed by atoms with E-state index in [9.17, 15) is 4.79 Å². The van der Waals surface area contributed by atoms with E-state index in [1.54, 1.807) is 36.2 Å². The molecule has 4 rings (SSSR count). The first-order chi connectivity index (χ1) is 13.6. The molecule has 0 aliphatic carbocycles. The van der Waals surface area contributed by atoms with Crippen molar-refractivity contribution in [3.05, 3.63) is 48.0 Å². The van der Waals surface area contributed by atoms with Crippen molar-refractivity contribution in [2.75, 3.05) is 19.1 Å². The third kappa shape index (κ3) is 2.77. The van der Waals surface area contributed by atoms with Crippen LogP contribution in [0.3, 0.4) is 0 Å². The van der Waals surface area contributed by atoms with Gasteiger partial charge in [-0.05, 0) is 32.0 Å². The number of carbonyl (C=O) groups excluding carboxylic acids is 1. The molecule has 0 radical (unpaired) electrons. The van der Waals surface area contributed by atoms with Crippen molar-refractivity contribution in [1.82, 2.24) is 19.7 Å². The second-order valence-corrected chi connectivity index (χ2v) is 6.47. The van der Waals surface area contributed by atoms with E-state index in [1.807, 2.05) is 38.2 Å². The molecule has 28 heavy (non-hydrogen) atoms. The molecule has 8 nitrogen and oxygen atoms in total. The molecule has 0 N–H and O–H groups in total. The lowest BCUT2D eigenvalue weighted by Gasteiger charge is -2.19. The van der Waals surface area contributed by atoms with Crippen LogP contribution < -0.4 is 14.4 Å². The Morgan fingerprint density at radius 3 is 2.68 bits per heavy atom. The average Bonchev–Trinajstić information content (AvgIpc) is 3.30. The van der Waals surface area contributed by atoms with Gasteiger partial charge in [0.05, 0.1) is 49.1 Å². The topological polar surface area (TPSA) is 82.4 Å². The summed E-state index contributed by atoms with van der Waals surface area (Å²) in [5.74, 6) is 0.873. The molecule has 0 unspecified atom stereocenters. The number of fused-ring (bicyclic) bond motifs is 1. The number of hydrogen-bond donors (Lipinski definition) is 0. The number of anilines is 1. The van der Waals surface area contributed by atoms with Crippen LogP contribution in [0.15, 0.2) is 36.8 Å². The Hall–Kier alpha value is -3.42. The van der Waals surface area contributed by atoms with Crippen molar-refractivity contribution in [3.8, 4) is 22.9 Å². The maximum Gasteiger partial charge on any atom is 0.260 e. The van der Waals surface area contributed by atoms with Crippen LogP contribution in [-0.4, -0.2) is 39.9 Å². The van der Waals surface area contributed by atoms with Crippen molar-refractivity contribution >= 4 is 11.6 Å². The van der Waals surface area contributed by atoms with E-state index >= 15 is 0 Å². The number of methoxy groups -OCH3 is 2. The van der Waals surface area contributed by atoms with Crippen LogP contribution in [0.5, 0.6) is 11.6 Å². The third-order valence-electron chi connectivity index (χ3n) is 4.91. The average molecular weight is 379 g/mol. The molecule has 0 aromatic carbocycles. The summed E-state index contributed by atoms with van der Waals surface area (Å²) >= 11 is 0. The van der Waals surface area contributed by atoms with Crippen LogP contribution in [-0.2, 0) is 6.54 Å². The molecule has 1 atom stereocenters. The highest BCUT2D eigenvalue weighted by Gasteiger charge is 2.37. The molecule has 144 valence electrons. The SMILES string of the molecule is CCn1cc(N2C(=O)c3ccc(-c4cnc(OC)c(OC)c4)nc3[C@@H]2C)cn1. The number of pyridine rings is 2. The van der Waals surface area contributed by atoms with E-state index in [4.69, 9.17) is 14.5 Å². The van der Waals surface area contributed by atoms with E-state index in [0.29, 0.717) is 17.2 Å². The number of aromatic nitrogens is 4. The van der Waals surface area contributed by atoms with Gasteiger partial charge >= 0.3 is 0 Å². The third-order valence-corrected chi connectivity index (χ3v) is 4.91. The minimum absolute atomic E-state index is 0.0670. The summed E-state index contributed by atoms with van der Waals surface area (Å²) in [4.78, 5) is 23.7. The predicted octanol–water partition coefficient (Wildman–Crippen LogP) is 3.10. The standard InChI is InChI=1S/C20H21N5O3/c1-5-24-11-14(10-22-24)25-12(2)18-15(20(25)26)6-7-16(23-18)13-8-17(27-3)19(28-4)21-9-13/h6-12H,5H2,1-4H3/t12-/m0/s1. The number of aryl methyl sites for hydroxylation is 1. The summed E-state index contributed by atoms with van der Waals surface area (Å²) in [6.07, 6.45) is 5.27. The van der Waals surface area contributed by atoms with E-state index < -0.39 is 0 Å². The van der Waals surface area contributed by atoms with Crippen LogP contribution in [0.4, 0.5) is 5.69 Å². The van der Waals surface area contributed by atoms with Crippen molar-refractivity contribution in [3.63, 3.8) is 0 Å². The summed E-state index contributed by atoms with van der Waals surface area (Å²) < 4.78 is 12.3. The van der Waals surface area contributed by atoms with Gasteiger partial charge in [0.15, 0.2) is 5.75 Å². The van der Waals surface area contributed by atoms with Gasteiger partial charge in [0.25, 0.3) is 11.8 Å². The van der Waals surface area contributed by atoms with Gasteiger partial charge in [0, 0.05) is 24.5 Å². The fourth-order valence-electron chi connectivity index (χ4n) is 3.43. The van der Waals surface area contributed by atoms with Crippen LogP contribution >= 0.6 is 0 Å². The monoisotopic (exact) mass is 379 g/mol. The summed E-state index contributed by atoms with van der Waals surface area (Å²) in [5.41, 5.74) is 3.62. The summed E-state index contributed by atoms with van der Waals surface area (Å²) in [6.45, 7) is 4.72. The minimum atomic E-state index is -0.190. The highest BCUT2D eigenvalue weighted by Crippen LogP contribution is 2.37. The Morgan fingerprint density at radius 2 is 2.00 bits per heavy atom. The Morgan fingerprint density at radius 1 is 1.18 bits per heavy atom. The molecule has 3 aromatic rings. The number of amides is 1. The van der Waals surface area contributed by atoms with Crippen LogP contribution in [0.1, 0.15) is 35.9 Å². The summed E-state index contributed by atoms with van der Waals surface area (Å²) in [7, 11) is 3.11. The minimum Gasteiger partial charge on any atom is -0.491 e. The van der Waals surface area contributed by atoms with Gasteiger partial charge in [-0.1, -0.05) is 0 Å². The lowest BCUT2D eigenvalue weighted by Crippen LogP contribution is -2.25. The molecular weight excluding hydrogens is 358 g/mol. The Balaban J connectivity index is 1.72. The lowest BCUT2D eigenvalue weighted by molar-refractivity contribution is 0.0992. The maximum absolute atomic E-state index is 12.9. The van der Waals surface area contributed by atoms with Crippen LogP contribution in [0, 0.1) is 0 Å². The molecular formula is C20H21N5O3. The zero-order chi connectivity index (χ0) is 19.8. The zero-order valence-electron chi connectivity index (χ0n) is 16.2. The smallest absolute Gasteiger partial charge is 0.260 e. The number of nitrogens with zero attached hydrogens (tertiary/aromatic N) is 5. The van der Waals surface area contributed by atoms with Gasteiger partial charge in [-0.25, -0.2) is 9.97 Å². The van der Waals surface area contributed by atoms with Crippen molar-refractivity contribution in [1.29, 1.82) is 0 Å². The summed E-state index contributed by atoms with van der Waals surface area (Å²) in [6, 6.07) is 5.28. The Kier molecular flexibility index (Phi) is 4.46. The van der Waals surface area contributed by atoms with Gasteiger partial charge in [0.2, 0.25) is 0 Å². The fraction of sp³-hybridized carbons (Fsp3) is 0.300. The predicted molar refractivity (Wildman–Crippen MR) is 104 cm³/mol. The van der Waals surface area contributed by atoms with E-state index in [-0.39, 0.29) is 11.9 Å². The first-order valence-corrected chi connectivity index (χ1v) is 9.02. The molecule has 1 aliphatic heterocycles. The van der Waals surface area contributed by atoms with Gasteiger partial charge in [0.1, 0.15) is 0 Å². The number of rotatable bonds is 5. The van der Waals surface area contributed by atoms with Crippen molar-refractivity contribution in [2.45, 2.75) is 26.4 Å². The number of hydrogen-bond acceptors (Lipinski definition) is 6. The fourth-order valence-corrected chi connectivity index (χ4v) is 3.43. The van der Waals surface area contributed by atoms with Gasteiger partial charge < -0.3 is 9.47 Å². The highest BCUT2D eigenvalue weighted by molar-refractivity contribution is 6.10. The normalized spacial score (nSPS) is 15.6. The zero-order valence-corrected chi connectivity index (χ0v) is 16.2. The first kappa shape index (κ1) is 18.0. The van der Waals surface area contributed by atoms with Gasteiger partial charge in [-0.2, -0.15) is 5.10 Å². The Labute approximate surface area is 162 Å². The second-order valence-electron chi connectivity index (χ2n) is 6.47. The second kappa shape index (κ2) is 6.95. The molecule has 0 saturated carbocycles. The molecule has 0 saturated heterocycles. The quantitative estimate of drug-likeness (QED) is 0.677. The molecule has 4 heterocycles. The maximum atomic E-state index is 12.9. The highest BCUT2D eigenvalue weighted by atomic mass is 16.5. The van der Waals surface area contributed by atoms with Gasteiger partial charge in [-0.3, -0.25) is 14.4 Å². The first-order valence-electron chi connectivity index (χ1n) is 9.02. The van der Waals surface area contributed by atoms with Crippen molar-refractivity contribution in [2.24, 2.45) is 0 Å². The molecule has 3 aromatic heterocycles. The van der Waals surface area contributed by atoms with Crippen LogP contribution in [0.25, 0.3) is 11.3 Å². The lowest BCUT2D eigenvalue weighted by atomic mass is 10.1. The van der Waals surface area contributed by atoms with Crippen molar-refractivity contribution < 1.29 is 14.3 Å².